The summed E-state index contributed by atoms with van der Waals surface area (Å²) in [4.78, 5) is 42.7. The SMILES string of the molecule is CC/C=C\C/C=C\C/C=C\C/C=C\CCCCC(=O)OC[C@H](COP(=O)(O)O)OC(=O)CCCCCCC/C=C\CCCCCCCC. The van der Waals surface area contributed by atoms with E-state index in [9.17, 15) is 14.2 Å². The van der Waals surface area contributed by atoms with Crippen LogP contribution in [0.3, 0.4) is 0 Å². The molecule has 0 aromatic carbocycles. The first kappa shape index (κ1) is 45.8. The first-order chi connectivity index (χ1) is 23.3. The van der Waals surface area contributed by atoms with Gasteiger partial charge in [0.1, 0.15) is 6.61 Å². The number of phosphoric acid groups is 1. The summed E-state index contributed by atoms with van der Waals surface area (Å²) < 4.78 is 26.2. The number of hydrogen-bond donors (Lipinski definition) is 2. The van der Waals surface area contributed by atoms with Crippen LogP contribution in [0.15, 0.2) is 60.8 Å². The largest absolute Gasteiger partial charge is 0.469 e. The van der Waals surface area contributed by atoms with Crippen molar-refractivity contribution in [2.24, 2.45) is 0 Å². The molecule has 0 fully saturated rings. The molecule has 0 aromatic rings. The number of hydrogen-bond acceptors (Lipinski definition) is 6. The Balaban J connectivity index is 4.07. The van der Waals surface area contributed by atoms with E-state index in [0.29, 0.717) is 12.8 Å². The lowest BCUT2D eigenvalue weighted by Crippen LogP contribution is -2.29. The molecule has 48 heavy (non-hydrogen) atoms. The van der Waals surface area contributed by atoms with E-state index in [2.05, 4.69) is 79.1 Å². The average molecular weight is 695 g/mol. The Hall–Kier alpha value is -2.25. The molecule has 0 bridgehead atoms. The van der Waals surface area contributed by atoms with Crippen LogP contribution in [0.4, 0.5) is 0 Å². The molecule has 0 spiro atoms. The van der Waals surface area contributed by atoms with Gasteiger partial charge in [0, 0.05) is 12.8 Å². The minimum absolute atomic E-state index is 0.190. The second-order valence-electron chi connectivity index (χ2n) is 12.2. The summed E-state index contributed by atoms with van der Waals surface area (Å²) in [6, 6.07) is 0. The smallest absolute Gasteiger partial charge is 0.462 e. The van der Waals surface area contributed by atoms with Crippen molar-refractivity contribution in [3.05, 3.63) is 60.8 Å². The lowest BCUT2D eigenvalue weighted by molar-refractivity contribution is -0.161. The van der Waals surface area contributed by atoms with Gasteiger partial charge in [-0.2, -0.15) is 0 Å². The van der Waals surface area contributed by atoms with Gasteiger partial charge in [-0.25, -0.2) is 4.57 Å². The molecule has 1 atom stereocenters. The van der Waals surface area contributed by atoms with E-state index in [4.69, 9.17) is 19.3 Å². The summed E-state index contributed by atoms with van der Waals surface area (Å²) in [5, 5.41) is 0. The predicted molar refractivity (Wildman–Crippen MR) is 197 cm³/mol. The highest BCUT2D eigenvalue weighted by atomic mass is 31.2. The van der Waals surface area contributed by atoms with Crippen molar-refractivity contribution < 1.29 is 37.9 Å². The van der Waals surface area contributed by atoms with Crippen molar-refractivity contribution >= 4 is 19.8 Å². The molecule has 0 heterocycles. The molecular formula is C39H67O8P. The molecule has 0 saturated carbocycles. The molecule has 0 aliphatic rings. The summed E-state index contributed by atoms with van der Waals surface area (Å²) in [6.07, 6.45) is 42.3. The van der Waals surface area contributed by atoms with E-state index in [1.165, 1.54) is 44.9 Å². The summed E-state index contributed by atoms with van der Waals surface area (Å²) in [5.41, 5.74) is 0. The van der Waals surface area contributed by atoms with Crippen molar-refractivity contribution in [3.63, 3.8) is 0 Å². The lowest BCUT2D eigenvalue weighted by atomic mass is 10.1. The average Bonchev–Trinajstić information content (AvgIpc) is 3.05. The molecule has 0 saturated heterocycles. The summed E-state index contributed by atoms with van der Waals surface area (Å²) in [5.74, 6) is -0.949. The van der Waals surface area contributed by atoms with Crippen molar-refractivity contribution in [1.82, 2.24) is 0 Å². The van der Waals surface area contributed by atoms with E-state index in [1.54, 1.807) is 0 Å². The monoisotopic (exact) mass is 694 g/mol. The highest BCUT2D eigenvalue weighted by molar-refractivity contribution is 7.46. The van der Waals surface area contributed by atoms with Gasteiger partial charge >= 0.3 is 19.8 Å². The molecule has 2 N–H and O–H groups in total. The minimum atomic E-state index is -4.76. The number of carbonyl (C=O) groups is 2. The first-order valence-corrected chi connectivity index (χ1v) is 20.1. The van der Waals surface area contributed by atoms with Crippen LogP contribution >= 0.6 is 7.82 Å². The number of rotatable bonds is 33. The second-order valence-corrected chi connectivity index (χ2v) is 13.4. The van der Waals surface area contributed by atoms with Crippen molar-refractivity contribution in [2.75, 3.05) is 13.2 Å². The molecule has 9 heteroatoms. The standard InChI is InChI=1S/C39H67O8P/c1-3-5-7-9-11-13-15-17-19-21-23-25-27-29-31-33-38(40)45-35-37(36-46-48(42,43)44)47-39(41)34-32-30-28-26-24-22-20-18-16-14-12-10-8-6-4-2/h5,7,11,13,17-20,23,25,37H,3-4,6,8-10,12,14-16,21-22,24,26-36H2,1-2H3,(H2,42,43,44)/b7-5-,13-11-,19-17-,20-18-,25-23-/t37-/m1/s1. The Morgan fingerprint density at radius 1 is 0.562 bits per heavy atom. The van der Waals surface area contributed by atoms with Crippen LogP contribution in [0.25, 0.3) is 0 Å². The van der Waals surface area contributed by atoms with Gasteiger partial charge in [-0.15, -0.1) is 0 Å². The van der Waals surface area contributed by atoms with Crippen molar-refractivity contribution in [1.29, 1.82) is 0 Å². The zero-order valence-corrected chi connectivity index (χ0v) is 31.0. The van der Waals surface area contributed by atoms with E-state index in [-0.39, 0.29) is 19.4 Å². The highest BCUT2D eigenvalue weighted by Gasteiger charge is 2.22. The fourth-order valence-corrected chi connectivity index (χ4v) is 5.13. The number of allylic oxidation sites excluding steroid dienone is 10. The van der Waals surface area contributed by atoms with Gasteiger partial charge < -0.3 is 19.3 Å². The molecular weight excluding hydrogens is 627 g/mol. The van der Waals surface area contributed by atoms with Crippen LogP contribution in [0.5, 0.6) is 0 Å². The molecule has 0 rings (SSSR count). The van der Waals surface area contributed by atoms with Crippen molar-refractivity contribution in [3.8, 4) is 0 Å². The van der Waals surface area contributed by atoms with Gasteiger partial charge in [-0.1, -0.05) is 126 Å². The molecule has 276 valence electrons. The fourth-order valence-electron chi connectivity index (χ4n) is 4.77. The Morgan fingerprint density at radius 3 is 1.56 bits per heavy atom. The highest BCUT2D eigenvalue weighted by Crippen LogP contribution is 2.36. The van der Waals surface area contributed by atoms with Gasteiger partial charge in [-0.05, 0) is 77.0 Å². The van der Waals surface area contributed by atoms with Gasteiger partial charge in [0.15, 0.2) is 6.10 Å². The van der Waals surface area contributed by atoms with Gasteiger partial charge in [0.2, 0.25) is 0 Å². The third kappa shape index (κ3) is 36.6. The molecule has 0 amide bonds. The van der Waals surface area contributed by atoms with Gasteiger partial charge in [0.25, 0.3) is 0 Å². The van der Waals surface area contributed by atoms with Crippen LogP contribution in [0.1, 0.15) is 155 Å². The second kappa shape index (κ2) is 34.6. The van der Waals surface area contributed by atoms with E-state index >= 15 is 0 Å². The summed E-state index contributed by atoms with van der Waals surface area (Å²) in [7, 11) is -4.76. The molecule has 0 aromatic heterocycles. The summed E-state index contributed by atoms with van der Waals surface area (Å²) >= 11 is 0. The zero-order chi connectivity index (χ0) is 35.4. The maximum Gasteiger partial charge on any atom is 0.469 e. The quantitative estimate of drug-likeness (QED) is 0.0301. The number of unbranched alkanes of at least 4 members (excludes halogenated alkanes) is 13. The van der Waals surface area contributed by atoms with Crippen LogP contribution in [0.2, 0.25) is 0 Å². The van der Waals surface area contributed by atoms with Crippen LogP contribution < -0.4 is 0 Å². The van der Waals surface area contributed by atoms with Crippen molar-refractivity contribution in [2.45, 2.75) is 161 Å². The Morgan fingerprint density at radius 2 is 1.00 bits per heavy atom. The van der Waals surface area contributed by atoms with Gasteiger partial charge in [-0.3, -0.25) is 14.1 Å². The Kier molecular flexibility index (Phi) is 33.0. The van der Waals surface area contributed by atoms with Crippen LogP contribution in [-0.4, -0.2) is 41.0 Å². The molecule has 0 aliphatic heterocycles. The number of carbonyl (C=O) groups excluding carboxylic acids is 2. The van der Waals surface area contributed by atoms with Gasteiger partial charge in [0.05, 0.1) is 6.61 Å². The third-order valence-corrected chi connectivity index (χ3v) is 8.01. The normalized spacial score (nSPS) is 13.2. The number of ether oxygens (including phenoxy) is 2. The lowest BCUT2D eigenvalue weighted by Gasteiger charge is -2.18. The molecule has 8 nitrogen and oxygen atoms in total. The van der Waals surface area contributed by atoms with E-state index in [0.717, 1.165) is 70.6 Å². The minimum Gasteiger partial charge on any atom is -0.462 e. The Labute approximate surface area is 292 Å². The number of phosphoric ester groups is 1. The fraction of sp³-hybridized carbons (Fsp3) is 0.692. The molecule has 0 radical (unpaired) electrons. The summed E-state index contributed by atoms with van der Waals surface area (Å²) in [6.45, 7) is 3.50. The number of esters is 2. The maximum absolute atomic E-state index is 12.3. The first-order valence-electron chi connectivity index (χ1n) is 18.6. The Bertz CT molecular complexity index is 963. The van der Waals surface area contributed by atoms with E-state index < -0.39 is 32.5 Å². The maximum atomic E-state index is 12.3. The van der Waals surface area contributed by atoms with Crippen LogP contribution in [0, 0.1) is 0 Å². The molecule has 0 unspecified atom stereocenters. The third-order valence-electron chi connectivity index (χ3n) is 7.52. The zero-order valence-electron chi connectivity index (χ0n) is 30.1. The topological polar surface area (TPSA) is 119 Å². The van der Waals surface area contributed by atoms with E-state index in [1.807, 2.05) is 0 Å². The predicted octanol–water partition coefficient (Wildman–Crippen LogP) is 11.0. The molecule has 0 aliphatic carbocycles. The van der Waals surface area contributed by atoms with Crippen LogP contribution in [-0.2, 0) is 28.2 Å².